The summed E-state index contributed by atoms with van der Waals surface area (Å²) in [4.78, 5) is 21.1. The number of hydrogen-bond donors (Lipinski definition) is 2. The monoisotopic (exact) mass is 443 g/mol. The summed E-state index contributed by atoms with van der Waals surface area (Å²) in [5.74, 6) is 1.21. The van der Waals surface area contributed by atoms with Crippen molar-refractivity contribution in [3.8, 4) is 22.5 Å². The molecule has 2 heterocycles. The molecular weight excluding hydrogens is 416 g/mol. The number of amidine groups is 2. The van der Waals surface area contributed by atoms with Gasteiger partial charge in [-0.1, -0.05) is 30.3 Å². The van der Waals surface area contributed by atoms with Gasteiger partial charge in [0.15, 0.2) is 0 Å². The summed E-state index contributed by atoms with van der Waals surface area (Å²) < 4.78 is 2.19. The van der Waals surface area contributed by atoms with Crippen molar-refractivity contribution in [2.45, 2.75) is 26.3 Å². The predicted octanol–water partition coefficient (Wildman–Crippen LogP) is 2.91. The van der Waals surface area contributed by atoms with Crippen LogP contribution in [0.15, 0.2) is 64.8 Å². The summed E-state index contributed by atoms with van der Waals surface area (Å²) in [5, 5.41) is 7.77. The molecular formula is C24H27N8O+. The fraction of sp³-hybridized carbons (Fsp3) is 0.208. The normalized spacial score (nSPS) is 13.0. The first-order chi connectivity index (χ1) is 15.7. The third kappa shape index (κ3) is 4.25. The largest absolute Gasteiger partial charge is 0.563 e. The van der Waals surface area contributed by atoms with Crippen LogP contribution in [0.1, 0.15) is 26.3 Å². The Kier molecular flexibility index (Phi) is 5.55. The summed E-state index contributed by atoms with van der Waals surface area (Å²) in [7, 11) is 1.51. The molecule has 4 aromatic rings. The van der Waals surface area contributed by atoms with Crippen molar-refractivity contribution in [2.75, 3.05) is 12.8 Å². The van der Waals surface area contributed by atoms with Crippen molar-refractivity contribution in [2.24, 2.45) is 15.7 Å². The summed E-state index contributed by atoms with van der Waals surface area (Å²) in [6.07, 6.45) is 3.40. The minimum absolute atomic E-state index is 0.137. The van der Waals surface area contributed by atoms with Crippen molar-refractivity contribution in [3.05, 3.63) is 60.4 Å². The van der Waals surface area contributed by atoms with Crippen LogP contribution >= 0.6 is 0 Å². The number of nitrogens with zero attached hydrogens (tertiary/aromatic N) is 6. The minimum Gasteiger partial charge on any atom is -0.563 e. The summed E-state index contributed by atoms with van der Waals surface area (Å²) >= 11 is 0. The van der Waals surface area contributed by atoms with Crippen molar-refractivity contribution in [1.82, 2.24) is 19.5 Å². The van der Waals surface area contributed by atoms with Crippen LogP contribution in [0, 0.1) is 0 Å². The first kappa shape index (κ1) is 21.9. The van der Waals surface area contributed by atoms with E-state index in [9.17, 15) is 0 Å². The van der Waals surface area contributed by atoms with Crippen molar-refractivity contribution >= 4 is 28.8 Å². The number of nitrogen functional groups attached to an aromatic ring is 1. The zero-order chi connectivity index (χ0) is 23.8. The van der Waals surface area contributed by atoms with E-state index in [4.69, 9.17) is 21.6 Å². The van der Waals surface area contributed by atoms with Gasteiger partial charge in [0.05, 0.1) is 11.0 Å². The van der Waals surface area contributed by atoms with Gasteiger partial charge in [0.1, 0.15) is 11.7 Å². The van der Waals surface area contributed by atoms with Gasteiger partial charge in [0.2, 0.25) is 5.95 Å². The standard InChI is InChI=1S/C24H26N8O/c1-24(2,3)32-19-10-9-14(15-12-28-22(26)29-13-15)11-18(19)30-21(32)17-8-6-5-7-16(17)20(25)31-23(33)27-4/h5-13H,1-4H3,(H2,26,28,29)(H3,25,27,31,33)/p+1. The molecule has 0 atom stereocenters. The molecule has 0 saturated heterocycles. The Balaban J connectivity index is 1.95. The van der Waals surface area contributed by atoms with Crippen molar-refractivity contribution in [1.29, 1.82) is 0 Å². The van der Waals surface area contributed by atoms with Crippen LogP contribution in [0.3, 0.4) is 0 Å². The van der Waals surface area contributed by atoms with E-state index in [0.717, 1.165) is 33.5 Å². The molecule has 0 radical (unpaired) electrons. The van der Waals surface area contributed by atoms with Gasteiger partial charge in [-0.05, 0) is 38.5 Å². The lowest BCUT2D eigenvalue weighted by atomic mass is 10.0. The Morgan fingerprint density at radius 3 is 2.39 bits per heavy atom. The average molecular weight is 444 g/mol. The molecule has 0 aliphatic carbocycles. The van der Waals surface area contributed by atoms with Crippen LogP contribution in [-0.4, -0.2) is 43.5 Å². The number of nitrogens with two attached hydrogens (primary N) is 2. The SMILES string of the molecule is CN=C([OH2+])/N=C(\N)c1ccccc1-c1nc2cc(-c3cnc(N)nc3)ccc2n1C(C)(C)C. The fourth-order valence-corrected chi connectivity index (χ4v) is 3.73. The van der Waals surface area contributed by atoms with E-state index in [1.807, 2.05) is 36.4 Å². The molecule has 0 saturated carbocycles. The Hall–Kier alpha value is -4.27. The van der Waals surface area contributed by atoms with E-state index in [1.165, 1.54) is 7.05 Å². The molecule has 0 amide bonds. The Morgan fingerprint density at radius 1 is 1.03 bits per heavy atom. The molecule has 33 heavy (non-hydrogen) atoms. The molecule has 0 spiro atoms. The number of imidazole rings is 1. The third-order valence-electron chi connectivity index (χ3n) is 5.21. The first-order valence-electron chi connectivity index (χ1n) is 10.4. The van der Waals surface area contributed by atoms with Crippen LogP contribution < -0.4 is 11.5 Å². The number of hydrogen-bond acceptors (Lipinski definition) is 5. The molecule has 2 aromatic heterocycles. The van der Waals surface area contributed by atoms with E-state index in [-0.39, 0.29) is 23.3 Å². The Labute approximate surface area is 191 Å². The molecule has 0 aliphatic heterocycles. The maximum absolute atomic E-state index is 7.77. The fourth-order valence-electron chi connectivity index (χ4n) is 3.73. The number of anilines is 1. The molecule has 2 aromatic carbocycles. The maximum atomic E-state index is 7.77. The van der Waals surface area contributed by atoms with Gasteiger partial charge in [-0.15, -0.1) is 4.99 Å². The van der Waals surface area contributed by atoms with Crippen LogP contribution in [0.4, 0.5) is 5.95 Å². The van der Waals surface area contributed by atoms with Gasteiger partial charge in [0, 0.05) is 41.7 Å². The molecule has 0 unspecified atom stereocenters. The number of aromatic nitrogens is 4. The highest BCUT2D eigenvalue weighted by Crippen LogP contribution is 2.34. The molecule has 9 heteroatoms. The van der Waals surface area contributed by atoms with E-state index in [0.29, 0.717) is 5.56 Å². The van der Waals surface area contributed by atoms with Crippen LogP contribution in [0.5, 0.6) is 0 Å². The quantitative estimate of drug-likeness (QED) is 0.284. The van der Waals surface area contributed by atoms with Crippen molar-refractivity contribution in [3.63, 3.8) is 0 Å². The third-order valence-corrected chi connectivity index (χ3v) is 5.21. The molecule has 9 nitrogen and oxygen atoms in total. The Bertz CT molecular complexity index is 1380. The summed E-state index contributed by atoms with van der Waals surface area (Å²) in [6.45, 7) is 6.39. The molecule has 4 rings (SSSR count). The molecule has 0 bridgehead atoms. The lowest BCUT2D eigenvalue weighted by Gasteiger charge is -2.25. The lowest BCUT2D eigenvalue weighted by molar-refractivity contribution is 0.413. The highest BCUT2D eigenvalue weighted by atomic mass is 16.3. The molecule has 168 valence electrons. The molecule has 0 fully saturated rings. The number of rotatable bonds is 3. The number of benzene rings is 2. The zero-order valence-electron chi connectivity index (χ0n) is 19.0. The zero-order valence-corrected chi connectivity index (χ0v) is 19.0. The first-order valence-corrected chi connectivity index (χ1v) is 10.4. The highest BCUT2D eigenvalue weighted by molar-refractivity contribution is 6.07. The second-order valence-electron chi connectivity index (χ2n) is 8.56. The van der Waals surface area contributed by atoms with E-state index < -0.39 is 0 Å². The number of aliphatic imine (C=N–C) groups is 2. The number of fused-ring (bicyclic) bond motifs is 1. The van der Waals surface area contributed by atoms with Gasteiger partial charge in [-0.2, -0.15) is 4.99 Å². The van der Waals surface area contributed by atoms with Crippen LogP contribution in [0.25, 0.3) is 33.5 Å². The smallest absolute Gasteiger partial charge is 0.464 e. The second kappa shape index (κ2) is 8.34. The summed E-state index contributed by atoms with van der Waals surface area (Å²) in [6, 6.07) is 13.6. The topological polar surface area (TPSA) is 143 Å². The van der Waals surface area contributed by atoms with Gasteiger partial charge >= 0.3 is 6.02 Å². The minimum atomic E-state index is -0.264. The summed E-state index contributed by atoms with van der Waals surface area (Å²) in [5.41, 5.74) is 16.8. The highest BCUT2D eigenvalue weighted by Gasteiger charge is 2.25. The van der Waals surface area contributed by atoms with Crippen LogP contribution in [0.2, 0.25) is 0 Å². The van der Waals surface area contributed by atoms with Crippen molar-refractivity contribution < 1.29 is 5.11 Å². The van der Waals surface area contributed by atoms with E-state index >= 15 is 0 Å². The van der Waals surface area contributed by atoms with Crippen LogP contribution in [-0.2, 0) is 5.54 Å². The van der Waals surface area contributed by atoms with E-state index in [1.54, 1.807) is 12.4 Å². The average Bonchev–Trinajstić information content (AvgIpc) is 3.18. The predicted molar refractivity (Wildman–Crippen MR) is 133 cm³/mol. The lowest BCUT2D eigenvalue weighted by Crippen LogP contribution is -2.24. The van der Waals surface area contributed by atoms with Gasteiger partial charge in [-0.3, -0.25) is 0 Å². The maximum Gasteiger partial charge on any atom is 0.464 e. The van der Waals surface area contributed by atoms with E-state index in [2.05, 4.69) is 51.4 Å². The second-order valence-corrected chi connectivity index (χ2v) is 8.56. The van der Waals surface area contributed by atoms with Gasteiger partial charge < -0.3 is 21.1 Å². The van der Waals surface area contributed by atoms with Gasteiger partial charge in [-0.25, -0.2) is 15.0 Å². The Morgan fingerprint density at radius 2 is 1.73 bits per heavy atom. The molecule has 0 aliphatic rings. The van der Waals surface area contributed by atoms with Gasteiger partial charge in [0.25, 0.3) is 0 Å². The molecule has 6 N–H and O–H groups in total.